The number of nitrogens with zero attached hydrogens (tertiary/aromatic N) is 1. The van der Waals surface area contributed by atoms with Gasteiger partial charge in [-0.2, -0.15) is 4.31 Å². The molecule has 1 amide bonds. The number of hydrogen-bond acceptors (Lipinski definition) is 3. The topological polar surface area (TPSA) is 66.5 Å². The number of nitrogens with one attached hydrogen (secondary N) is 1. The highest BCUT2D eigenvalue weighted by Gasteiger charge is 2.27. The Bertz CT molecular complexity index is 1190. The molecule has 0 aromatic heterocycles. The number of sulfonamides is 1. The molecular weight excluding hydrogens is 507 g/mol. The second-order valence-electron chi connectivity index (χ2n) is 6.86. The minimum absolute atomic E-state index is 0.0174. The quantitative estimate of drug-likeness (QED) is 0.450. The molecule has 0 saturated heterocycles. The molecule has 0 aliphatic carbocycles. The van der Waals surface area contributed by atoms with Crippen LogP contribution in [0.3, 0.4) is 0 Å². The third kappa shape index (κ3) is 6.13. The summed E-state index contributed by atoms with van der Waals surface area (Å²) in [5, 5.41) is 3.00. The van der Waals surface area contributed by atoms with Crippen molar-refractivity contribution in [1.29, 1.82) is 0 Å². The molecule has 162 valence electrons. The maximum absolute atomic E-state index is 13.6. The zero-order valence-corrected chi connectivity index (χ0v) is 19.6. The van der Waals surface area contributed by atoms with E-state index in [1.807, 2.05) is 0 Å². The Kier molecular flexibility index (Phi) is 7.48. The summed E-state index contributed by atoms with van der Waals surface area (Å²) in [6, 6.07) is 16.9. The zero-order chi connectivity index (χ0) is 22.6. The Hall–Kier alpha value is -2.26. The number of aryl methyl sites for hydroxylation is 1. The second-order valence-corrected chi connectivity index (χ2v) is 10.2. The largest absolute Gasteiger partial charge is 0.325 e. The average molecular weight is 526 g/mol. The summed E-state index contributed by atoms with van der Waals surface area (Å²) in [5.41, 5.74) is 1.66. The molecule has 0 saturated carbocycles. The fraction of sp³-hybridized carbons (Fsp3) is 0.136. The van der Waals surface area contributed by atoms with E-state index in [-0.39, 0.29) is 17.1 Å². The molecule has 3 aromatic carbocycles. The van der Waals surface area contributed by atoms with E-state index in [4.69, 9.17) is 11.6 Å². The molecule has 3 rings (SSSR count). The summed E-state index contributed by atoms with van der Waals surface area (Å²) in [4.78, 5) is 12.7. The van der Waals surface area contributed by atoms with E-state index in [0.29, 0.717) is 16.1 Å². The minimum Gasteiger partial charge on any atom is -0.325 e. The fourth-order valence-corrected chi connectivity index (χ4v) is 4.63. The van der Waals surface area contributed by atoms with Crippen molar-refractivity contribution in [2.24, 2.45) is 0 Å². The lowest BCUT2D eigenvalue weighted by Gasteiger charge is -2.22. The van der Waals surface area contributed by atoms with E-state index in [9.17, 15) is 17.6 Å². The van der Waals surface area contributed by atoms with Crippen LogP contribution in [0.2, 0.25) is 5.02 Å². The molecule has 0 aliphatic heterocycles. The second kappa shape index (κ2) is 9.91. The summed E-state index contributed by atoms with van der Waals surface area (Å²) in [6.45, 7) is 1.25. The first kappa shape index (κ1) is 23.4. The molecule has 9 heteroatoms. The fourth-order valence-electron chi connectivity index (χ4n) is 2.85. The first-order valence-corrected chi connectivity index (χ1v) is 11.8. The molecule has 0 unspecified atom stereocenters. The van der Waals surface area contributed by atoms with Crippen LogP contribution in [0.4, 0.5) is 10.1 Å². The molecule has 0 fully saturated rings. The van der Waals surface area contributed by atoms with Gasteiger partial charge in [-0.1, -0.05) is 45.7 Å². The molecule has 0 bridgehead atoms. The van der Waals surface area contributed by atoms with Crippen molar-refractivity contribution in [1.82, 2.24) is 4.31 Å². The highest BCUT2D eigenvalue weighted by molar-refractivity contribution is 9.10. The van der Waals surface area contributed by atoms with Gasteiger partial charge in [0.2, 0.25) is 15.9 Å². The Balaban J connectivity index is 1.89. The summed E-state index contributed by atoms with van der Waals surface area (Å²) >= 11 is 9.23. The minimum atomic E-state index is -4.00. The van der Waals surface area contributed by atoms with Crippen LogP contribution in [0.25, 0.3) is 0 Å². The van der Waals surface area contributed by atoms with Gasteiger partial charge in [0.15, 0.2) is 0 Å². The number of benzene rings is 3. The van der Waals surface area contributed by atoms with Crippen molar-refractivity contribution in [2.45, 2.75) is 18.4 Å². The zero-order valence-electron chi connectivity index (χ0n) is 16.5. The van der Waals surface area contributed by atoms with E-state index in [1.54, 1.807) is 31.2 Å². The number of hydrogen-bond donors (Lipinski definition) is 1. The Labute approximate surface area is 194 Å². The Morgan fingerprint density at radius 2 is 1.71 bits per heavy atom. The lowest BCUT2D eigenvalue weighted by molar-refractivity contribution is -0.116. The van der Waals surface area contributed by atoms with Gasteiger partial charge in [-0.25, -0.2) is 12.8 Å². The van der Waals surface area contributed by atoms with E-state index in [2.05, 4.69) is 21.2 Å². The third-order valence-corrected chi connectivity index (χ3v) is 7.10. The average Bonchev–Trinajstić information content (AvgIpc) is 2.72. The van der Waals surface area contributed by atoms with E-state index in [0.717, 1.165) is 8.78 Å². The standard InChI is InChI=1S/C22H19BrClFN2O3S/c1-15-2-9-19(25)12-21(15)26-22(28)14-27(13-16-3-5-17(23)6-4-16)31(29,30)20-10-7-18(24)8-11-20/h2-12H,13-14H2,1H3,(H,26,28). The lowest BCUT2D eigenvalue weighted by atomic mass is 10.2. The molecular formula is C22H19BrClFN2O3S. The number of amides is 1. The lowest BCUT2D eigenvalue weighted by Crippen LogP contribution is -2.37. The van der Waals surface area contributed by atoms with Crippen molar-refractivity contribution in [3.63, 3.8) is 0 Å². The highest BCUT2D eigenvalue weighted by atomic mass is 79.9. The summed E-state index contributed by atoms with van der Waals surface area (Å²) in [5.74, 6) is -1.08. The number of carbonyl (C=O) groups excluding carboxylic acids is 1. The number of carbonyl (C=O) groups is 1. The van der Waals surface area contributed by atoms with Crippen molar-refractivity contribution < 1.29 is 17.6 Å². The van der Waals surface area contributed by atoms with E-state index < -0.39 is 28.3 Å². The summed E-state index contributed by atoms with van der Waals surface area (Å²) in [6.07, 6.45) is 0. The Morgan fingerprint density at radius 3 is 2.35 bits per heavy atom. The van der Waals surface area contributed by atoms with Gasteiger partial charge < -0.3 is 5.32 Å². The summed E-state index contributed by atoms with van der Waals surface area (Å²) in [7, 11) is -4.00. The molecule has 1 N–H and O–H groups in total. The smallest absolute Gasteiger partial charge is 0.243 e. The molecule has 5 nitrogen and oxygen atoms in total. The van der Waals surface area contributed by atoms with Gasteiger partial charge in [0, 0.05) is 21.7 Å². The number of rotatable bonds is 7. The predicted octanol–water partition coefficient (Wildman–Crippen LogP) is 5.38. The molecule has 0 atom stereocenters. The first-order valence-electron chi connectivity index (χ1n) is 9.21. The molecule has 0 aliphatic rings. The van der Waals surface area contributed by atoms with Crippen LogP contribution in [0, 0.1) is 12.7 Å². The maximum atomic E-state index is 13.6. The van der Waals surface area contributed by atoms with Crippen LogP contribution in [0.15, 0.2) is 76.1 Å². The van der Waals surface area contributed by atoms with Gasteiger partial charge in [-0.3, -0.25) is 4.79 Å². The Morgan fingerprint density at radius 1 is 1.06 bits per heavy atom. The molecule has 31 heavy (non-hydrogen) atoms. The number of halogens is 3. The van der Waals surface area contributed by atoms with Gasteiger partial charge >= 0.3 is 0 Å². The van der Waals surface area contributed by atoms with Gasteiger partial charge in [0.05, 0.1) is 11.4 Å². The van der Waals surface area contributed by atoms with E-state index >= 15 is 0 Å². The van der Waals surface area contributed by atoms with Gasteiger partial charge in [0.1, 0.15) is 5.82 Å². The van der Waals surface area contributed by atoms with Crippen LogP contribution >= 0.6 is 27.5 Å². The molecule has 0 spiro atoms. The summed E-state index contributed by atoms with van der Waals surface area (Å²) < 4.78 is 42.0. The van der Waals surface area contributed by atoms with Crippen LogP contribution in [0.5, 0.6) is 0 Å². The molecule has 3 aromatic rings. The maximum Gasteiger partial charge on any atom is 0.243 e. The van der Waals surface area contributed by atoms with Crippen molar-refractivity contribution in [2.75, 3.05) is 11.9 Å². The van der Waals surface area contributed by atoms with Gasteiger partial charge in [0.25, 0.3) is 0 Å². The van der Waals surface area contributed by atoms with Crippen molar-refractivity contribution in [3.8, 4) is 0 Å². The normalized spacial score (nSPS) is 11.5. The van der Waals surface area contributed by atoms with Crippen LogP contribution in [-0.2, 0) is 21.4 Å². The monoisotopic (exact) mass is 524 g/mol. The van der Waals surface area contributed by atoms with Gasteiger partial charge in [-0.05, 0) is 66.6 Å². The SMILES string of the molecule is Cc1ccc(F)cc1NC(=O)CN(Cc1ccc(Br)cc1)S(=O)(=O)c1ccc(Cl)cc1. The van der Waals surface area contributed by atoms with Crippen molar-refractivity contribution in [3.05, 3.63) is 93.2 Å². The number of anilines is 1. The molecule has 0 radical (unpaired) electrons. The van der Waals surface area contributed by atoms with Crippen molar-refractivity contribution >= 4 is 49.1 Å². The third-order valence-electron chi connectivity index (χ3n) is 4.52. The molecule has 0 heterocycles. The van der Waals surface area contributed by atoms with Gasteiger partial charge in [-0.15, -0.1) is 0 Å². The highest BCUT2D eigenvalue weighted by Crippen LogP contribution is 2.22. The predicted molar refractivity (Wildman–Crippen MR) is 123 cm³/mol. The van der Waals surface area contributed by atoms with Crippen LogP contribution < -0.4 is 5.32 Å². The van der Waals surface area contributed by atoms with Crippen LogP contribution in [-0.4, -0.2) is 25.2 Å². The van der Waals surface area contributed by atoms with Crippen LogP contribution in [0.1, 0.15) is 11.1 Å². The van der Waals surface area contributed by atoms with E-state index in [1.165, 1.54) is 42.5 Å². The first-order chi connectivity index (χ1) is 14.6.